The fourth-order valence-electron chi connectivity index (χ4n) is 3.33. The molecule has 0 spiro atoms. The van der Waals surface area contributed by atoms with Crippen molar-refractivity contribution in [3.63, 3.8) is 0 Å². The van der Waals surface area contributed by atoms with Gasteiger partial charge in [0.05, 0.1) is 12.3 Å². The summed E-state index contributed by atoms with van der Waals surface area (Å²) in [6, 6.07) is 2.77. The SMILES string of the molecule is CCN(CC(C)C)[C@@H](C(N)=O)C(=O)Nc1ccc(N2CCOCC2=O)cc1OC(F)F. The molecule has 3 amide bonds. The molecule has 9 nitrogen and oxygen atoms in total. The lowest BCUT2D eigenvalue weighted by Crippen LogP contribution is -2.53. The fraction of sp³-hybridized carbons (Fsp3) is 0.550. The number of nitrogens with one attached hydrogen (secondary N) is 1. The number of hydrogen-bond acceptors (Lipinski definition) is 6. The standard InChI is InChI=1S/C20H28F2N4O5/c1-4-25(10-12(2)3)17(18(23)28)19(29)24-14-6-5-13(9-15(14)31-20(21)22)26-7-8-30-11-16(26)27/h5-6,9,12,17,20H,4,7-8,10-11H2,1-3H3,(H2,23,28)(H,24,29)/t17-/m0/s1. The number of morpholine rings is 1. The summed E-state index contributed by atoms with van der Waals surface area (Å²) < 4.78 is 35.6. The van der Waals surface area contributed by atoms with E-state index < -0.39 is 24.5 Å². The molecular weight excluding hydrogens is 414 g/mol. The third-order valence-corrected chi connectivity index (χ3v) is 4.63. The first-order chi connectivity index (χ1) is 14.6. The number of carbonyl (C=O) groups is 3. The second-order valence-corrected chi connectivity index (χ2v) is 7.43. The first-order valence-electron chi connectivity index (χ1n) is 9.95. The van der Waals surface area contributed by atoms with Gasteiger partial charge in [-0.1, -0.05) is 20.8 Å². The number of likely N-dealkylation sites (N-methyl/N-ethyl adjacent to an activating group) is 1. The zero-order valence-electron chi connectivity index (χ0n) is 17.8. The summed E-state index contributed by atoms with van der Waals surface area (Å²) in [6.07, 6.45) is 0. The number of alkyl halides is 2. The summed E-state index contributed by atoms with van der Waals surface area (Å²) in [5.41, 5.74) is 5.71. The molecule has 0 saturated carbocycles. The van der Waals surface area contributed by atoms with E-state index in [0.29, 0.717) is 25.4 Å². The molecule has 1 aliphatic heterocycles. The number of rotatable bonds is 10. The van der Waals surface area contributed by atoms with E-state index in [4.69, 9.17) is 10.5 Å². The van der Waals surface area contributed by atoms with Crippen molar-refractivity contribution in [3.05, 3.63) is 18.2 Å². The van der Waals surface area contributed by atoms with E-state index >= 15 is 0 Å². The van der Waals surface area contributed by atoms with Crippen LogP contribution in [0.15, 0.2) is 18.2 Å². The van der Waals surface area contributed by atoms with Gasteiger partial charge < -0.3 is 25.4 Å². The van der Waals surface area contributed by atoms with Crippen molar-refractivity contribution < 1.29 is 32.6 Å². The van der Waals surface area contributed by atoms with Gasteiger partial charge in [0.15, 0.2) is 11.8 Å². The van der Waals surface area contributed by atoms with Crippen molar-refractivity contribution in [1.29, 1.82) is 0 Å². The maximum atomic E-state index is 13.0. The van der Waals surface area contributed by atoms with Crippen LogP contribution >= 0.6 is 0 Å². The molecule has 0 aliphatic carbocycles. The summed E-state index contributed by atoms with van der Waals surface area (Å²) in [5, 5.41) is 2.46. The Labute approximate surface area is 179 Å². The third kappa shape index (κ3) is 6.59. The van der Waals surface area contributed by atoms with Crippen LogP contribution in [-0.2, 0) is 19.1 Å². The first-order valence-corrected chi connectivity index (χ1v) is 9.95. The summed E-state index contributed by atoms with van der Waals surface area (Å²) >= 11 is 0. The van der Waals surface area contributed by atoms with Crippen molar-refractivity contribution in [2.24, 2.45) is 11.7 Å². The lowest BCUT2D eigenvalue weighted by atomic mass is 10.1. The van der Waals surface area contributed by atoms with Crippen LogP contribution in [0.2, 0.25) is 0 Å². The molecule has 11 heteroatoms. The van der Waals surface area contributed by atoms with Crippen LogP contribution < -0.4 is 20.7 Å². The molecule has 172 valence electrons. The number of anilines is 2. The van der Waals surface area contributed by atoms with Crippen LogP contribution in [0.1, 0.15) is 20.8 Å². The number of hydrogen-bond donors (Lipinski definition) is 2. The molecule has 3 N–H and O–H groups in total. The van der Waals surface area contributed by atoms with Gasteiger partial charge in [-0.15, -0.1) is 0 Å². The minimum Gasteiger partial charge on any atom is -0.433 e. The monoisotopic (exact) mass is 442 g/mol. The Hall–Kier alpha value is -2.79. The van der Waals surface area contributed by atoms with Gasteiger partial charge in [-0.25, -0.2) is 0 Å². The van der Waals surface area contributed by atoms with Crippen molar-refractivity contribution in [2.45, 2.75) is 33.4 Å². The van der Waals surface area contributed by atoms with Gasteiger partial charge in [-0.3, -0.25) is 19.3 Å². The van der Waals surface area contributed by atoms with Crippen molar-refractivity contribution >= 4 is 29.1 Å². The zero-order chi connectivity index (χ0) is 23.1. The number of primary amides is 1. The Balaban J connectivity index is 2.31. The molecule has 1 heterocycles. The van der Waals surface area contributed by atoms with E-state index in [0.717, 1.165) is 0 Å². The predicted molar refractivity (Wildman–Crippen MR) is 110 cm³/mol. The van der Waals surface area contributed by atoms with Crippen LogP contribution in [0.5, 0.6) is 5.75 Å². The molecule has 0 unspecified atom stereocenters. The van der Waals surface area contributed by atoms with Crippen molar-refractivity contribution in [2.75, 3.05) is 43.1 Å². The van der Waals surface area contributed by atoms with Gasteiger partial charge in [-0.05, 0) is 24.6 Å². The summed E-state index contributed by atoms with van der Waals surface area (Å²) in [6.45, 7) is 3.75. The lowest BCUT2D eigenvalue weighted by Gasteiger charge is -2.29. The molecule has 1 aromatic carbocycles. The van der Waals surface area contributed by atoms with E-state index in [2.05, 4.69) is 10.1 Å². The average Bonchev–Trinajstić information content (AvgIpc) is 2.68. The number of halogens is 2. The zero-order valence-corrected chi connectivity index (χ0v) is 17.8. The summed E-state index contributed by atoms with van der Waals surface area (Å²) in [5.74, 6) is -2.11. The van der Waals surface area contributed by atoms with Gasteiger partial charge in [0, 0.05) is 24.8 Å². The second-order valence-electron chi connectivity index (χ2n) is 7.43. The van der Waals surface area contributed by atoms with Gasteiger partial charge >= 0.3 is 6.61 Å². The Kier molecular flexibility index (Phi) is 8.69. The lowest BCUT2D eigenvalue weighted by molar-refractivity contribution is -0.132. The van der Waals surface area contributed by atoms with E-state index in [1.54, 1.807) is 11.8 Å². The van der Waals surface area contributed by atoms with E-state index in [1.807, 2.05) is 13.8 Å². The highest BCUT2D eigenvalue weighted by Crippen LogP contribution is 2.32. The van der Waals surface area contributed by atoms with Crippen LogP contribution in [0.25, 0.3) is 0 Å². The normalized spacial score (nSPS) is 15.5. The van der Waals surface area contributed by atoms with Crippen molar-refractivity contribution in [3.8, 4) is 5.75 Å². The average molecular weight is 442 g/mol. The Bertz CT molecular complexity index is 806. The highest BCUT2D eigenvalue weighted by atomic mass is 19.3. The third-order valence-electron chi connectivity index (χ3n) is 4.63. The largest absolute Gasteiger partial charge is 0.433 e. The topological polar surface area (TPSA) is 114 Å². The Morgan fingerprint density at radius 3 is 2.61 bits per heavy atom. The molecule has 0 radical (unpaired) electrons. The van der Waals surface area contributed by atoms with Gasteiger partial charge in [0.2, 0.25) is 5.91 Å². The molecule has 0 aromatic heterocycles. The number of nitrogens with two attached hydrogens (primary N) is 1. The molecule has 31 heavy (non-hydrogen) atoms. The molecular formula is C20H28F2N4O5. The molecule has 1 fully saturated rings. The van der Waals surface area contributed by atoms with Crippen LogP contribution in [0, 0.1) is 5.92 Å². The minimum atomic E-state index is -3.16. The van der Waals surface area contributed by atoms with E-state index in [1.165, 1.54) is 23.1 Å². The highest BCUT2D eigenvalue weighted by Gasteiger charge is 2.32. The Morgan fingerprint density at radius 1 is 1.35 bits per heavy atom. The molecule has 2 rings (SSSR count). The molecule has 1 atom stereocenters. The predicted octanol–water partition coefficient (Wildman–Crippen LogP) is 1.42. The number of benzene rings is 1. The molecule has 1 aromatic rings. The molecule has 1 saturated heterocycles. The fourth-order valence-corrected chi connectivity index (χ4v) is 3.33. The number of ether oxygens (including phenoxy) is 2. The maximum Gasteiger partial charge on any atom is 0.387 e. The number of amides is 3. The Morgan fingerprint density at radius 2 is 2.06 bits per heavy atom. The van der Waals surface area contributed by atoms with Gasteiger partial charge in [0.1, 0.15) is 6.61 Å². The van der Waals surface area contributed by atoms with Gasteiger partial charge in [-0.2, -0.15) is 8.78 Å². The van der Waals surface area contributed by atoms with E-state index in [9.17, 15) is 23.2 Å². The van der Waals surface area contributed by atoms with Crippen LogP contribution in [0.4, 0.5) is 20.2 Å². The first kappa shape index (κ1) is 24.5. The summed E-state index contributed by atoms with van der Waals surface area (Å²) in [7, 11) is 0. The maximum absolute atomic E-state index is 13.0. The summed E-state index contributed by atoms with van der Waals surface area (Å²) in [4.78, 5) is 39.8. The minimum absolute atomic E-state index is 0.0680. The number of nitrogens with zero attached hydrogens (tertiary/aromatic N) is 2. The van der Waals surface area contributed by atoms with Crippen molar-refractivity contribution in [1.82, 2.24) is 4.90 Å². The highest BCUT2D eigenvalue weighted by molar-refractivity contribution is 6.10. The van der Waals surface area contributed by atoms with Gasteiger partial charge in [0.25, 0.3) is 11.8 Å². The van der Waals surface area contributed by atoms with E-state index in [-0.39, 0.29) is 36.4 Å². The smallest absolute Gasteiger partial charge is 0.387 e. The quantitative estimate of drug-likeness (QED) is 0.530. The number of carbonyl (C=O) groups excluding carboxylic acids is 3. The second kappa shape index (κ2) is 11.0. The van der Waals surface area contributed by atoms with Crippen LogP contribution in [0.3, 0.4) is 0 Å². The molecule has 1 aliphatic rings. The molecule has 0 bridgehead atoms. The van der Waals surface area contributed by atoms with Crippen LogP contribution in [-0.4, -0.2) is 68.1 Å².